The highest BCUT2D eigenvalue weighted by Crippen LogP contribution is 2.16. The van der Waals surface area contributed by atoms with Crippen LogP contribution in [0.1, 0.15) is 31.1 Å². The van der Waals surface area contributed by atoms with Crippen LogP contribution in [0.25, 0.3) is 0 Å². The lowest BCUT2D eigenvalue weighted by Crippen LogP contribution is -1.84. The Morgan fingerprint density at radius 1 is 1.56 bits per heavy atom. The second kappa shape index (κ2) is 2.21. The maximum atomic E-state index is 4.98. The van der Waals surface area contributed by atoms with E-state index in [0.29, 0.717) is 5.92 Å². The van der Waals surface area contributed by atoms with Gasteiger partial charge in [-0.05, 0) is 6.92 Å². The topological polar surface area (TPSA) is 26.0 Å². The predicted molar refractivity (Wildman–Crippen MR) is 35.3 cm³/mol. The summed E-state index contributed by atoms with van der Waals surface area (Å²) >= 11 is 0. The van der Waals surface area contributed by atoms with Crippen LogP contribution in [-0.4, -0.2) is 5.16 Å². The molecule has 0 aliphatic heterocycles. The molecule has 0 N–H and O–H groups in total. The maximum absolute atomic E-state index is 4.98. The summed E-state index contributed by atoms with van der Waals surface area (Å²) in [6, 6.07) is 0. The Kier molecular flexibility index (Phi) is 1.56. The molecule has 0 radical (unpaired) electrons. The van der Waals surface area contributed by atoms with Crippen molar-refractivity contribution in [2.45, 2.75) is 26.7 Å². The molecular formula is C7H11NO. The molecule has 0 saturated heterocycles. The van der Waals surface area contributed by atoms with Crippen molar-refractivity contribution in [3.8, 4) is 0 Å². The lowest BCUT2D eigenvalue weighted by molar-refractivity contribution is 0.370. The third kappa shape index (κ3) is 1.12. The van der Waals surface area contributed by atoms with Gasteiger partial charge in [0, 0.05) is 11.5 Å². The molecule has 1 aromatic heterocycles. The van der Waals surface area contributed by atoms with Crippen LogP contribution in [0, 0.1) is 6.92 Å². The van der Waals surface area contributed by atoms with Gasteiger partial charge in [0.2, 0.25) is 0 Å². The summed E-state index contributed by atoms with van der Waals surface area (Å²) in [5, 5.41) is 3.67. The van der Waals surface area contributed by atoms with E-state index < -0.39 is 0 Å². The number of hydrogen-bond acceptors (Lipinski definition) is 2. The first kappa shape index (κ1) is 6.33. The molecule has 0 atom stereocenters. The second-order valence-electron chi connectivity index (χ2n) is 2.53. The molecule has 0 aliphatic rings. The highest BCUT2D eigenvalue weighted by Gasteiger charge is 2.06. The van der Waals surface area contributed by atoms with E-state index in [1.165, 1.54) is 0 Å². The van der Waals surface area contributed by atoms with Gasteiger partial charge in [-0.15, -0.1) is 0 Å². The molecule has 1 aromatic rings. The first-order valence-corrected chi connectivity index (χ1v) is 3.13. The fourth-order valence-corrected chi connectivity index (χ4v) is 0.859. The van der Waals surface area contributed by atoms with Crippen LogP contribution in [0.15, 0.2) is 10.7 Å². The summed E-state index contributed by atoms with van der Waals surface area (Å²) in [7, 11) is 0. The number of nitrogens with zero attached hydrogens (tertiary/aromatic N) is 1. The largest absolute Gasteiger partial charge is 0.361 e. The fraction of sp³-hybridized carbons (Fsp3) is 0.571. The second-order valence-corrected chi connectivity index (χ2v) is 2.53. The van der Waals surface area contributed by atoms with Crippen molar-refractivity contribution in [1.29, 1.82) is 0 Å². The van der Waals surface area contributed by atoms with E-state index >= 15 is 0 Å². The smallest absolute Gasteiger partial charge is 0.142 e. The Hall–Kier alpha value is -0.790. The van der Waals surface area contributed by atoms with Gasteiger partial charge in [0.05, 0.1) is 6.20 Å². The lowest BCUT2D eigenvalue weighted by atomic mass is 10.1. The molecule has 0 bridgehead atoms. The van der Waals surface area contributed by atoms with Gasteiger partial charge in [0.1, 0.15) is 5.76 Å². The van der Waals surface area contributed by atoms with Crippen molar-refractivity contribution >= 4 is 0 Å². The molecule has 1 rings (SSSR count). The van der Waals surface area contributed by atoms with Crippen molar-refractivity contribution in [3.05, 3.63) is 17.5 Å². The molecule has 0 aromatic carbocycles. The number of aryl methyl sites for hydroxylation is 1. The van der Waals surface area contributed by atoms with E-state index in [4.69, 9.17) is 4.52 Å². The normalized spacial score (nSPS) is 10.7. The molecule has 0 saturated carbocycles. The number of aromatic nitrogens is 1. The van der Waals surface area contributed by atoms with Crippen molar-refractivity contribution < 1.29 is 4.52 Å². The maximum Gasteiger partial charge on any atom is 0.142 e. The molecule has 0 amide bonds. The Balaban J connectivity index is 2.94. The Bertz CT molecular complexity index is 191. The highest BCUT2D eigenvalue weighted by molar-refractivity contribution is 5.13. The fourth-order valence-electron chi connectivity index (χ4n) is 0.859. The first-order valence-electron chi connectivity index (χ1n) is 3.13. The van der Waals surface area contributed by atoms with Crippen LogP contribution >= 0.6 is 0 Å². The van der Waals surface area contributed by atoms with Gasteiger partial charge in [0.15, 0.2) is 0 Å². The Morgan fingerprint density at radius 3 is 2.44 bits per heavy atom. The lowest BCUT2D eigenvalue weighted by Gasteiger charge is -1.96. The van der Waals surface area contributed by atoms with Gasteiger partial charge in [-0.2, -0.15) is 0 Å². The van der Waals surface area contributed by atoms with Crippen molar-refractivity contribution in [2.24, 2.45) is 0 Å². The standard InChI is InChI=1S/C7H11NO/c1-5(2)7-6(3)4-8-9-7/h4-5H,1-3H3. The zero-order valence-electron chi connectivity index (χ0n) is 6.01. The van der Waals surface area contributed by atoms with E-state index in [9.17, 15) is 0 Å². The SMILES string of the molecule is Cc1cnoc1C(C)C. The van der Waals surface area contributed by atoms with Gasteiger partial charge in [-0.25, -0.2) is 0 Å². The Labute approximate surface area is 54.9 Å². The molecule has 0 spiro atoms. The molecule has 2 nitrogen and oxygen atoms in total. The summed E-state index contributed by atoms with van der Waals surface area (Å²) < 4.78 is 4.98. The molecular weight excluding hydrogens is 114 g/mol. The third-order valence-corrected chi connectivity index (χ3v) is 1.31. The first-order chi connectivity index (χ1) is 4.22. The van der Waals surface area contributed by atoms with Gasteiger partial charge in [0.25, 0.3) is 0 Å². The summed E-state index contributed by atoms with van der Waals surface area (Å²) in [6.07, 6.45) is 1.75. The zero-order valence-corrected chi connectivity index (χ0v) is 6.01. The van der Waals surface area contributed by atoms with Crippen molar-refractivity contribution in [1.82, 2.24) is 5.16 Å². The minimum Gasteiger partial charge on any atom is -0.361 e. The Morgan fingerprint density at radius 2 is 2.22 bits per heavy atom. The predicted octanol–water partition coefficient (Wildman–Crippen LogP) is 2.11. The van der Waals surface area contributed by atoms with E-state index in [1.807, 2.05) is 6.92 Å². The van der Waals surface area contributed by atoms with E-state index in [0.717, 1.165) is 11.3 Å². The van der Waals surface area contributed by atoms with Crippen LogP contribution in [0.2, 0.25) is 0 Å². The van der Waals surface area contributed by atoms with Crippen molar-refractivity contribution in [3.63, 3.8) is 0 Å². The van der Waals surface area contributed by atoms with Gasteiger partial charge >= 0.3 is 0 Å². The van der Waals surface area contributed by atoms with Crippen LogP contribution in [0.3, 0.4) is 0 Å². The molecule has 1 heterocycles. The number of rotatable bonds is 1. The average molecular weight is 125 g/mol. The molecule has 2 heteroatoms. The minimum atomic E-state index is 0.451. The molecule has 0 unspecified atom stereocenters. The number of hydrogen-bond donors (Lipinski definition) is 0. The van der Waals surface area contributed by atoms with Crippen LogP contribution in [0.5, 0.6) is 0 Å². The van der Waals surface area contributed by atoms with Gasteiger partial charge in [-0.3, -0.25) is 0 Å². The molecule has 0 fully saturated rings. The van der Waals surface area contributed by atoms with Crippen LogP contribution < -0.4 is 0 Å². The van der Waals surface area contributed by atoms with E-state index in [1.54, 1.807) is 6.20 Å². The molecule has 9 heavy (non-hydrogen) atoms. The summed E-state index contributed by atoms with van der Waals surface area (Å²) in [6.45, 7) is 6.19. The zero-order chi connectivity index (χ0) is 6.85. The summed E-state index contributed by atoms with van der Waals surface area (Å²) in [5.74, 6) is 1.45. The molecule has 0 aliphatic carbocycles. The average Bonchev–Trinajstić information content (AvgIpc) is 2.13. The monoisotopic (exact) mass is 125 g/mol. The van der Waals surface area contributed by atoms with E-state index in [2.05, 4.69) is 19.0 Å². The van der Waals surface area contributed by atoms with Gasteiger partial charge < -0.3 is 4.52 Å². The van der Waals surface area contributed by atoms with Crippen LogP contribution in [0.4, 0.5) is 0 Å². The highest BCUT2D eigenvalue weighted by atomic mass is 16.5. The molecule has 50 valence electrons. The quantitative estimate of drug-likeness (QED) is 0.574. The minimum absolute atomic E-state index is 0.451. The summed E-state index contributed by atoms with van der Waals surface area (Å²) in [5.41, 5.74) is 1.14. The summed E-state index contributed by atoms with van der Waals surface area (Å²) in [4.78, 5) is 0. The van der Waals surface area contributed by atoms with E-state index in [-0.39, 0.29) is 0 Å². The van der Waals surface area contributed by atoms with Crippen molar-refractivity contribution in [2.75, 3.05) is 0 Å². The third-order valence-electron chi connectivity index (χ3n) is 1.31. The van der Waals surface area contributed by atoms with Crippen LogP contribution in [-0.2, 0) is 0 Å². The van der Waals surface area contributed by atoms with Gasteiger partial charge in [-0.1, -0.05) is 19.0 Å².